The van der Waals surface area contributed by atoms with Crippen molar-refractivity contribution >= 4 is 21.6 Å². The Labute approximate surface area is 128 Å². The number of hydrogen-bond acceptors (Lipinski definition) is 5. The summed E-state index contributed by atoms with van der Waals surface area (Å²) >= 11 is 1.69. The van der Waals surface area contributed by atoms with Gasteiger partial charge in [0.25, 0.3) is 0 Å². The van der Waals surface area contributed by atoms with Gasteiger partial charge in [0.1, 0.15) is 0 Å². The van der Waals surface area contributed by atoms with Gasteiger partial charge in [-0.05, 0) is 43.5 Å². The fourth-order valence-corrected chi connectivity index (χ4v) is 3.00. The van der Waals surface area contributed by atoms with Crippen molar-refractivity contribution < 1.29 is 0 Å². The molecule has 0 saturated heterocycles. The third kappa shape index (κ3) is 3.25. The highest BCUT2D eigenvalue weighted by molar-refractivity contribution is 7.17. The highest BCUT2D eigenvalue weighted by atomic mass is 32.1. The van der Waals surface area contributed by atoms with E-state index >= 15 is 0 Å². The molecule has 3 aromatic heterocycles. The molecule has 1 N–H and O–H groups in total. The van der Waals surface area contributed by atoms with Gasteiger partial charge in [-0.1, -0.05) is 6.92 Å². The molecular formula is C16H18N4S. The molecule has 0 unspecified atom stereocenters. The minimum absolute atomic E-state index is 0.756. The average molecular weight is 298 g/mol. The second kappa shape index (κ2) is 6.28. The number of fused-ring (bicyclic) bond motifs is 1. The van der Waals surface area contributed by atoms with E-state index in [4.69, 9.17) is 0 Å². The molecule has 0 bridgehead atoms. The Morgan fingerprint density at radius 1 is 1.24 bits per heavy atom. The smallest absolute Gasteiger partial charge is 0.161 e. The number of hydrogen-bond donors (Lipinski definition) is 1. The van der Waals surface area contributed by atoms with Gasteiger partial charge in [-0.15, -0.1) is 11.3 Å². The summed E-state index contributed by atoms with van der Waals surface area (Å²) in [5, 5.41) is 5.43. The highest BCUT2D eigenvalue weighted by Gasteiger charge is 2.07. The molecule has 3 aromatic rings. The van der Waals surface area contributed by atoms with Gasteiger partial charge in [0.05, 0.1) is 15.9 Å². The number of aryl methyl sites for hydroxylation is 1. The van der Waals surface area contributed by atoms with Crippen molar-refractivity contribution in [2.45, 2.75) is 26.8 Å². The molecule has 108 valence electrons. The maximum absolute atomic E-state index is 4.66. The topological polar surface area (TPSA) is 50.7 Å². The van der Waals surface area contributed by atoms with Crippen LogP contribution in [0.25, 0.3) is 21.6 Å². The lowest BCUT2D eigenvalue weighted by molar-refractivity contribution is 0.662. The fourth-order valence-electron chi connectivity index (χ4n) is 2.22. The van der Waals surface area contributed by atoms with Crippen molar-refractivity contribution in [3.05, 3.63) is 41.2 Å². The molecule has 0 aromatic carbocycles. The van der Waals surface area contributed by atoms with Crippen LogP contribution in [0.2, 0.25) is 0 Å². The number of pyridine rings is 1. The lowest BCUT2D eigenvalue weighted by Crippen LogP contribution is -2.15. The van der Waals surface area contributed by atoms with E-state index in [1.165, 1.54) is 4.70 Å². The Kier molecular flexibility index (Phi) is 4.22. The van der Waals surface area contributed by atoms with E-state index in [0.717, 1.165) is 47.8 Å². The zero-order valence-electron chi connectivity index (χ0n) is 12.3. The summed E-state index contributed by atoms with van der Waals surface area (Å²) in [5.41, 5.74) is 4.02. The predicted octanol–water partition coefficient (Wildman–Crippen LogP) is 3.56. The SMILES string of the molecule is CCCNCc1cc(C)nc(-c2cnc3ccsc3c2)n1. The molecular weight excluding hydrogens is 280 g/mol. The van der Waals surface area contributed by atoms with E-state index in [-0.39, 0.29) is 0 Å². The molecule has 0 amide bonds. The van der Waals surface area contributed by atoms with Crippen molar-refractivity contribution in [2.24, 2.45) is 0 Å². The molecule has 0 saturated carbocycles. The van der Waals surface area contributed by atoms with E-state index < -0.39 is 0 Å². The first-order chi connectivity index (χ1) is 10.3. The van der Waals surface area contributed by atoms with Crippen LogP contribution in [-0.2, 0) is 6.54 Å². The zero-order chi connectivity index (χ0) is 14.7. The quantitative estimate of drug-likeness (QED) is 0.732. The normalized spacial score (nSPS) is 11.1. The van der Waals surface area contributed by atoms with E-state index in [1.54, 1.807) is 11.3 Å². The van der Waals surface area contributed by atoms with Gasteiger partial charge in [-0.3, -0.25) is 4.98 Å². The van der Waals surface area contributed by atoms with E-state index in [2.05, 4.69) is 38.6 Å². The lowest BCUT2D eigenvalue weighted by Gasteiger charge is -2.07. The Bertz CT molecular complexity index is 751. The van der Waals surface area contributed by atoms with Crippen LogP contribution < -0.4 is 5.32 Å². The molecule has 0 aliphatic heterocycles. The largest absolute Gasteiger partial charge is 0.311 e. The van der Waals surface area contributed by atoms with Crippen molar-refractivity contribution in [1.82, 2.24) is 20.3 Å². The van der Waals surface area contributed by atoms with Gasteiger partial charge in [0.2, 0.25) is 0 Å². The Morgan fingerprint density at radius 2 is 2.14 bits per heavy atom. The van der Waals surface area contributed by atoms with Gasteiger partial charge in [0.15, 0.2) is 5.82 Å². The van der Waals surface area contributed by atoms with Crippen molar-refractivity contribution in [1.29, 1.82) is 0 Å². The van der Waals surface area contributed by atoms with Crippen LogP contribution in [0.5, 0.6) is 0 Å². The third-order valence-corrected chi connectivity index (χ3v) is 4.05. The molecule has 0 fully saturated rings. The van der Waals surface area contributed by atoms with Crippen molar-refractivity contribution in [3.63, 3.8) is 0 Å². The van der Waals surface area contributed by atoms with Crippen LogP contribution in [0.15, 0.2) is 29.8 Å². The summed E-state index contributed by atoms with van der Waals surface area (Å²) in [4.78, 5) is 13.7. The Morgan fingerprint density at radius 3 is 3.00 bits per heavy atom. The average Bonchev–Trinajstić information content (AvgIpc) is 2.94. The van der Waals surface area contributed by atoms with Gasteiger partial charge in [0, 0.05) is 24.0 Å². The van der Waals surface area contributed by atoms with Crippen LogP contribution in [0, 0.1) is 6.92 Å². The number of thiophene rings is 1. The molecule has 4 nitrogen and oxygen atoms in total. The van der Waals surface area contributed by atoms with Crippen molar-refractivity contribution in [3.8, 4) is 11.4 Å². The summed E-state index contributed by atoms with van der Waals surface area (Å²) < 4.78 is 1.17. The van der Waals surface area contributed by atoms with Gasteiger partial charge in [-0.25, -0.2) is 9.97 Å². The lowest BCUT2D eigenvalue weighted by atomic mass is 10.2. The number of aromatic nitrogens is 3. The standard InChI is InChI=1S/C16H18N4S/c1-3-5-17-10-13-7-11(2)19-16(20-13)12-8-15-14(18-9-12)4-6-21-15/h4,6-9,17H,3,5,10H2,1-2H3. The van der Waals surface area contributed by atoms with Crippen LogP contribution in [0.4, 0.5) is 0 Å². The summed E-state index contributed by atoms with van der Waals surface area (Å²) in [5.74, 6) is 0.756. The maximum atomic E-state index is 4.66. The zero-order valence-corrected chi connectivity index (χ0v) is 13.1. The minimum atomic E-state index is 0.756. The molecule has 0 aliphatic carbocycles. The molecule has 21 heavy (non-hydrogen) atoms. The molecule has 0 aliphatic rings. The van der Waals surface area contributed by atoms with Gasteiger partial charge < -0.3 is 5.32 Å². The first-order valence-corrected chi connectivity index (χ1v) is 8.03. The summed E-state index contributed by atoms with van der Waals surface area (Å²) in [6.45, 7) is 5.94. The van der Waals surface area contributed by atoms with E-state index in [1.807, 2.05) is 25.3 Å². The van der Waals surface area contributed by atoms with Crippen LogP contribution in [0.3, 0.4) is 0 Å². The summed E-state index contributed by atoms with van der Waals surface area (Å²) in [7, 11) is 0. The Hall–Kier alpha value is -1.85. The number of nitrogens with one attached hydrogen (secondary N) is 1. The molecule has 0 radical (unpaired) electrons. The highest BCUT2D eigenvalue weighted by Crippen LogP contribution is 2.24. The monoisotopic (exact) mass is 298 g/mol. The molecule has 3 rings (SSSR count). The van der Waals surface area contributed by atoms with Crippen LogP contribution >= 0.6 is 11.3 Å². The molecule has 3 heterocycles. The van der Waals surface area contributed by atoms with E-state index in [0.29, 0.717) is 0 Å². The second-order valence-electron chi connectivity index (χ2n) is 5.03. The van der Waals surface area contributed by atoms with E-state index in [9.17, 15) is 0 Å². The number of rotatable bonds is 5. The van der Waals surface area contributed by atoms with Gasteiger partial charge >= 0.3 is 0 Å². The predicted molar refractivity (Wildman–Crippen MR) is 87.4 cm³/mol. The molecule has 0 spiro atoms. The number of nitrogens with zero attached hydrogens (tertiary/aromatic N) is 3. The molecule has 5 heteroatoms. The van der Waals surface area contributed by atoms with Crippen LogP contribution in [-0.4, -0.2) is 21.5 Å². The third-order valence-electron chi connectivity index (χ3n) is 3.20. The fraction of sp³-hybridized carbons (Fsp3) is 0.312. The second-order valence-corrected chi connectivity index (χ2v) is 5.98. The first-order valence-electron chi connectivity index (χ1n) is 7.15. The summed E-state index contributed by atoms with van der Waals surface area (Å²) in [6, 6.07) is 6.18. The molecule has 0 atom stereocenters. The Balaban J connectivity index is 1.93. The first kappa shape index (κ1) is 14.1. The minimum Gasteiger partial charge on any atom is -0.311 e. The summed E-state index contributed by atoms with van der Waals surface area (Å²) in [6.07, 6.45) is 2.98. The maximum Gasteiger partial charge on any atom is 0.161 e. The van der Waals surface area contributed by atoms with Crippen molar-refractivity contribution in [2.75, 3.05) is 6.54 Å². The van der Waals surface area contributed by atoms with Crippen LogP contribution in [0.1, 0.15) is 24.7 Å². The van der Waals surface area contributed by atoms with Gasteiger partial charge in [-0.2, -0.15) is 0 Å².